The number of amides is 2. The van der Waals surface area contributed by atoms with Crippen LogP contribution in [0, 0.1) is 5.41 Å². The molecule has 1 aliphatic heterocycles. The van der Waals surface area contributed by atoms with E-state index >= 15 is 0 Å². The van der Waals surface area contributed by atoms with Gasteiger partial charge < -0.3 is 15.0 Å². The maximum absolute atomic E-state index is 12.7. The van der Waals surface area contributed by atoms with E-state index in [4.69, 9.17) is 4.74 Å². The number of ether oxygens (including phenoxy) is 1. The standard InChI is InChI=1S/C19H29N3O3/c1-19(2,17(23)20-9-10-22-11-13-25-14-12-22)18(24)21(3)15-16-7-5-4-6-8-16/h4-8H,9-15H2,1-3H3,(H,20,23). The average Bonchev–Trinajstić information content (AvgIpc) is 2.62. The molecule has 0 radical (unpaired) electrons. The van der Waals surface area contributed by atoms with Crippen LogP contribution in [0.2, 0.25) is 0 Å². The summed E-state index contributed by atoms with van der Waals surface area (Å²) in [6.45, 7) is 8.42. The zero-order chi connectivity index (χ0) is 18.3. The third kappa shape index (κ3) is 5.54. The first kappa shape index (κ1) is 19.4. The molecule has 0 saturated carbocycles. The maximum atomic E-state index is 12.7. The van der Waals surface area contributed by atoms with E-state index in [2.05, 4.69) is 10.2 Å². The van der Waals surface area contributed by atoms with Crippen LogP contribution in [-0.2, 0) is 20.9 Å². The number of carbonyl (C=O) groups is 2. The minimum atomic E-state index is -1.09. The van der Waals surface area contributed by atoms with Crippen molar-refractivity contribution in [2.75, 3.05) is 46.4 Å². The van der Waals surface area contributed by atoms with E-state index in [-0.39, 0.29) is 11.8 Å². The first-order valence-corrected chi connectivity index (χ1v) is 8.79. The topological polar surface area (TPSA) is 61.9 Å². The summed E-state index contributed by atoms with van der Waals surface area (Å²) in [5.41, 5.74) is -0.0453. The smallest absolute Gasteiger partial charge is 0.237 e. The molecule has 6 heteroatoms. The molecule has 2 rings (SSSR count). The Kier molecular flexibility index (Phi) is 6.96. The molecule has 0 bridgehead atoms. The summed E-state index contributed by atoms with van der Waals surface area (Å²) in [5.74, 6) is -0.411. The van der Waals surface area contributed by atoms with Gasteiger partial charge in [0.1, 0.15) is 5.41 Å². The summed E-state index contributed by atoms with van der Waals surface area (Å²) in [5, 5.41) is 2.90. The van der Waals surface area contributed by atoms with Gasteiger partial charge in [0.15, 0.2) is 0 Å². The number of hydrogen-bond donors (Lipinski definition) is 1. The summed E-state index contributed by atoms with van der Waals surface area (Å²) in [6, 6.07) is 9.77. The Morgan fingerprint density at radius 2 is 1.84 bits per heavy atom. The van der Waals surface area contributed by atoms with Gasteiger partial charge in [-0.2, -0.15) is 0 Å². The molecule has 1 saturated heterocycles. The van der Waals surface area contributed by atoms with E-state index < -0.39 is 5.41 Å². The highest BCUT2D eigenvalue weighted by Gasteiger charge is 2.37. The summed E-state index contributed by atoms with van der Waals surface area (Å²) >= 11 is 0. The minimum Gasteiger partial charge on any atom is -0.379 e. The van der Waals surface area contributed by atoms with Gasteiger partial charge in [-0.25, -0.2) is 0 Å². The lowest BCUT2D eigenvalue weighted by atomic mass is 9.90. The average molecular weight is 347 g/mol. The van der Waals surface area contributed by atoms with E-state index in [1.54, 1.807) is 25.8 Å². The molecule has 0 spiro atoms. The predicted molar refractivity (Wildman–Crippen MR) is 97.0 cm³/mol. The maximum Gasteiger partial charge on any atom is 0.237 e. The zero-order valence-electron chi connectivity index (χ0n) is 15.5. The van der Waals surface area contributed by atoms with Crippen LogP contribution in [-0.4, -0.2) is 68.1 Å². The van der Waals surface area contributed by atoms with E-state index in [1.165, 1.54) is 0 Å². The highest BCUT2D eigenvalue weighted by molar-refractivity contribution is 6.04. The quantitative estimate of drug-likeness (QED) is 0.751. The molecular formula is C19H29N3O3. The number of nitrogens with one attached hydrogen (secondary N) is 1. The van der Waals surface area contributed by atoms with Crippen molar-refractivity contribution in [3.05, 3.63) is 35.9 Å². The van der Waals surface area contributed by atoms with E-state index in [9.17, 15) is 9.59 Å². The molecule has 1 aliphatic rings. The normalized spacial score (nSPS) is 15.6. The fraction of sp³-hybridized carbons (Fsp3) is 0.579. The van der Waals surface area contributed by atoms with Crippen LogP contribution in [0.4, 0.5) is 0 Å². The highest BCUT2D eigenvalue weighted by Crippen LogP contribution is 2.20. The Balaban J connectivity index is 1.82. The first-order valence-electron chi connectivity index (χ1n) is 8.79. The van der Waals surface area contributed by atoms with Crippen molar-refractivity contribution in [2.45, 2.75) is 20.4 Å². The van der Waals surface area contributed by atoms with Crippen molar-refractivity contribution < 1.29 is 14.3 Å². The molecule has 0 unspecified atom stereocenters. The molecule has 0 aromatic heterocycles. The van der Waals surface area contributed by atoms with Crippen molar-refractivity contribution in [1.82, 2.24) is 15.1 Å². The Bertz CT molecular complexity index is 569. The SMILES string of the molecule is CN(Cc1ccccc1)C(=O)C(C)(C)C(=O)NCCN1CCOCC1. The summed E-state index contributed by atoms with van der Waals surface area (Å²) < 4.78 is 5.31. The Morgan fingerprint density at radius 1 is 1.20 bits per heavy atom. The second-order valence-electron chi connectivity index (χ2n) is 6.98. The van der Waals surface area contributed by atoms with Gasteiger partial charge in [-0.15, -0.1) is 0 Å². The van der Waals surface area contributed by atoms with Crippen molar-refractivity contribution in [2.24, 2.45) is 5.41 Å². The molecule has 1 heterocycles. The van der Waals surface area contributed by atoms with Gasteiger partial charge in [0.2, 0.25) is 11.8 Å². The molecular weight excluding hydrogens is 318 g/mol. The van der Waals surface area contributed by atoms with Crippen LogP contribution in [0.3, 0.4) is 0 Å². The van der Waals surface area contributed by atoms with Crippen molar-refractivity contribution in [3.63, 3.8) is 0 Å². The molecule has 1 aromatic rings. The molecule has 138 valence electrons. The van der Waals surface area contributed by atoms with Gasteiger partial charge in [0.05, 0.1) is 13.2 Å². The van der Waals surface area contributed by atoms with Crippen LogP contribution in [0.5, 0.6) is 0 Å². The number of benzene rings is 1. The Hall–Kier alpha value is -1.92. The van der Waals surface area contributed by atoms with Gasteiger partial charge >= 0.3 is 0 Å². The van der Waals surface area contributed by atoms with E-state index in [0.29, 0.717) is 13.1 Å². The number of nitrogens with zero attached hydrogens (tertiary/aromatic N) is 2. The number of hydrogen-bond acceptors (Lipinski definition) is 4. The van der Waals surface area contributed by atoms with Crippen LogP contribution in [0.25, 0.3) is 0 Å². The molecule has 0 atom stereocenters. The molecule has 2 amide bonds. The van der Waals surface area contributed by atoms with Crippen LogP contribution >= 0.6 is 0 Å². The van der Waals surface area contributed by atoms with Gasteiger partial charge in [0.25, 0.3) is 0 Å². The Labute approximate surface area is 150 Å². The van der Waals surface area contributed by atoms with Crippen molar-refractivity contribution >= 4 is 11.8 Å². The summed E-state index contributed by atoms with van der Waals surface area (Å²) in [7, 11) is 1.73. The number of carbonyl (C=O) groups excluding carboxylic acids is 2. The molecule has 0 aliphatic carbocycles. The fourth-order valence-corrected chi connectivity index (χ4v) is 2.88. The lowest BCUT2D eigenvalue weighted by molar-refractivity contribution is -0.148. The highest BCUT2D eigenvalue weighted by atomic mass is 16.5. The van der Waals surface area contributed by atoms with Gasteiger partial charge in [-0.1, -0.05) is 30.3 Å². The summed E-state index contributed by atoms with van der Waals surface area (Å²) in [6.07, 6.45) is 0. The predicted octanol–water partition coefficient (Wildman–Crippen LogP) is 1.12. The van der Waals surface area contributed by atoms with E-state index in [1.807, 2.05) is 30.3 Å². The largest absolute Gasteiger partial charge is 0.379 e. The third-order valence-corrected chi connectivity index (χ3v) is 4.53. The fourth-order valence-electron chi connectivity index (χ4n) is 2.88. The van der Waals surface area contributed by atoms with Gasteiger partial charge in [0, 0.05) is 39.8 Å². The van der Waals surface area contributed by atoms with Crippen LogP contribution in [0.1, 0.15) is 19.4 Å². The third-order valence-electron chi connectivity index (χ3n) is 4.53. The lowest BCUT2D eigenvalue weighted by Crippen LogP contribution is -2.50. The van der Waals surface area contributed by atoms with Crippen LogP contribution < -0.4 is 5.32 Å². The minimum absolute atomic E-state index is 0.180. The van der Waals surface area contributed by atoms with E-state index in [0.717, 1.165) is 38.4 Å². The van der Waals surface area contributed by atoms with Crippen LogP contribution in [0.15, 0.2) is 30.3 Å². The zero-order valence-corrected chi connectivity index (χ0v) is 15.5. The Morgan fingerprint density at radius 3 is 2.48 bits per heavy atom. The molecule has 6 nitrogen and oxygen atoms in total. The van der Waals surface area contributed by atoms with Crippen molar-refractivity contribution in [3.8, 4) is 0 Å². The lowest BCUT2D eigenvalue weighted by Gasteiger charge is -2.30. The summed E-state index contributed by atoms with van der Waals surface area (Å²) in [4.78, 5) is 29.1. The number of rotatable bonds is 7. The number of morpholine rings is 1. The van der Waals surface area contributed by atoms with Gasteiger partial charge in [-0.3, -0.25) is 14.5 Å². The first-order chi connectivity index (χ1) is 11.9. The second kappa shape index (κ2) is 8.97. The molecule has 1 aromatic carbocycles. The molecule has 1 fully saturated rings. The van der Waals surface area contributed by atoms with Gasteiger partial charge in [-0.05, 0) is 19.4 Å². The van der Waals surface area contributed by atoms with Crippen molar-refractivity contribution in [1.29, 1.82) is 0 Å². The second-order valence-corrected chi connectivity index (χ2v) is 6.98. The monoisotopic (exact) mass is 347 g/mol. The molecule has 1 N–H and O–H groups in total. The molecule has 25 heavy (non-hydrogen) atoms.